The third-order valence-electron chi connectivity index (χ3n) is 2.76. The van der Waals surface area contributed by atoms with Crippen molar-refractivity contribution in [3.05, 3.63) is 47.0 Å². The minimum absolute atomic E-state index is 0.0238. The fraction of sp³-hybridized carbons (Fsp3) is 0. The molecule has 0 N–H and O–H groups in total. The SMILES string of the molecule is O=Nc1ccccc1S(=O)(=O)n1cnc2c(Cl)ncnc21. The number of hydrogen-bond acceptors (Lipinski definition) is 7. The van der Waals surface area contributed by atoms with Gasteiger partial charge in [-0.25, -0.2) is 27.3 Å². The smallest absolute Gasteiger partial charge is 0.231 e. The Balaban J connectivity index is 2.31. The summed E-state index contributed by atoms with van der Waals surface area (Å²) in [6, 6.07) is 5.59. The lowest BCUT2D eigenvalue weighted by molar-refractivity contribution is 0.588. The third kappa shape index (κ3) is 2.06. The second kappa shape index (κ2) is 4.86. The lowest BCUT2D eigenvalue weighted by Gasteiger charge is -2.07. The van der Waals surface area contributed by atoms with E-state index in [2.05, 4.69) is 20.1 Å². The minimum Gasteiger partial charge on any atom is -0.231 e. The number of rotatable bonds is 3. The van der Waals surface area contributed by atoms with Crippen molar-refractivity contribution in [1.29, 1.82) is 0 Å². The van der Waals surface area contributed by atoms with E-state index in [0.29, 0.717) is 0 Å². The van der Waals surface area contributed by atoms with Crippen molar-refractivity contribution < 1.29 is 8.42 Å². The molecule has 21 heavy (non-hydrogen) atoms. The van der Waals surface area contributed by atoms with Gasteiger partial charge in [0.05, 0.1) is 0 Å². The highest BCUT2D eigenvalue weighted by Gasteiger charge is 2.24. The molecule has 2 aromatic heterocycles. The van der Waals surface area contributed by atoms with Gasteiger partial charge >= 0.3 is 0 Å². The summed E-state index contributed by atoms with van der Waals surface area (Å²) < 4.78 is 26.1. The number of imidazole rings is 1. The van der Waals surface area contributed by atoms with Gasteiger partial charge in [-0.2, -0.15) is 0 Å². The van der Waals surface area contributed by atoms with Crippen molar-refractivity contribution in [1.82, 2.24) is 18.9 Å². The predicted molar refractivity (Wildman–Crippen MR) is 74.8 cm³/mol. The quantitative estimate of drug-likeness (QED) is 0.539. The van der Waals surface area contributed by atoms with E-state index in [1.165, 1.54) is 24.3 Å². The summed E-state index contributed by atoms with van der Waals surface area (Å²) in [6.07, 6.45) is 2.18. The molecule has 0 saturated carbocycles. The molecule has 0 bridgehead atoms. The van der Waals surface area contributed by atoms with Gasteiger partial charge in [0.2, 0.25) is 0 Å². The van der Waals surface area contributed by atoms with Crippen LogP contribution in [0.3, 0.4) is 0 Å². The van der Waals surface area contributed by atoms with Crippen molar-refractivity contribution in [3.8, 4) is 0 Å². The Morgan fingerprint density at radius 1 is 1.14 bits per heavy atom. The van der Waals surface area contributed by atoms with Crippen LogP contribution in [-0.2, 0) is 10.0 Å². The summed E-state index contributed by atoms with van der Waals surface area (Å²) in [5, 5.41) is 2.76. The molecule has 3 aromatic rings. The van der Waals surface area contributed by atoms with E-state index in [4.69, 9.17) is 11.6 Å². The fourth-order valence-electron chi connectivity index (χ4n) is 1.82. The molecule has 0 spiro atoms. The molecular weight excluding hydrogens is 318 g/mol. The number of benzene rings is 1. The molecule has 0 unspecified atom stereocenters. The number of aromatic nitrogens is 4. The van der Waals surface area contributed by atoms with E-state index in [1.807, 2.05) is 0 Å². The molecule has 0 aliphatic carbocycles. The van der Waals surface area contributed by atoms with E-state index in [9.17, 15) is 13.3 Å². The van der Waals surface area contributed by atoms with Gasteiger partial charge in [0.1, 0.15) is 28.8 Å². The van der Waals surface area contributed by atoms with Gasteiger partial charge in [0.25, 0.3) is 10.0 Å². The highest BCUT2D eigenvalue weighted by Crippen LogP contribution is 2.28. The Hall–Kier alpha value is -2.39. The molecule has 0 aliphatic rings. The van der Waals surface area contributed by atoms with Crippen LogP contribution in [0.2, 0.25) is 5.15 Å². The van der Waals surface area contributed by atoms with Crippen molar-refractivity contribution in [2.75, 3.05) is 0 Å². The number of halogens is 1. The Kier molecular flexibility index (Phi) is 3.15. The zero-order chi connectivity index (χ0) is 15.0. The zero-order valence-electron chi connectivity index (χ0n) is 10.2. The average molecular weight is 324 g/mol. The molecule has 10 heteroatoms. The second-order valence-corrected chi connectivity index (χ2v) is 6.08. The van der Waals surface area contributed by atoms with Gasteiger partial charge in [0, 0.05) is 0 Å². The van der Waals surface area contributed by atoms with Crippen LogP contribution < -0.4 is 0 Å². The minimum atomic E-state index is -4.07. The van der Waals surface area contributed by atoms with Crippen LogP contribution in [0.25, 0.3) is 11.2 Å². The molecule has 2 heterocycles. The molecular formula is C11H6ClN5O3S. The van der Waals surface area contributed by atoms with Gasteiger partial charge in [0.15, 0.2) is 10.8 Å². The van der Waals surface area contributed by atoms with Gasteiger partial charge in [-0.3, -0.25) is 0 Å². The summed E-state index contributed by atoms with van der Waals surface area (Å²) in [6.45, 7) is 0. The van der Waals surface area contributed by atoms with Crippen LogP contribution in [-0.4, -0.2) is 27.3 Å². The highest BCUT2D eigenvalue weighted by atomic mass is 35.5. The molecule has 8 nitrogen and oxygen atoms in total. The van der Waals surface area contributed by atoms with Crippen LogP contribution in [0.4, 0.5) is 5.69 Å². The van der Waals surface area contributed by atoms with E-state index in [1.54, 1.807) is 0 Å². The first-order chi connectivity index (χ1) is 10.1. The molecule has 0 radical (unpaired) electrons. The van der Waals surface area contributed by atoms with Gasteiger partial charge in [-0.05, 0) is 17.3 Å². The molecule has 0 fully saturated rings. The Morgan fingerprint density at radius 3 is 2.67 bits per heavy atom. The van der Waals surface area contributed by atoms with Crippen LogP contribution in [0.5, 0.6) is 0 Å². The average Bonchev–Trinajstić information content (AvgIpc) is 2.93. The lowest BCUT2D eigenvalue weighted by Crippen LogP contribution is -2.12. The summed E-state index contributed by atoms with van der Waals surface area (Å²) in [4.78, 5) is 22.0. The van der Waals surface area contributed by atoms with Gasteiger partial charge < -0.3 is 0 Å². The summed E-state index contributed by atoms with van der Waals surface area (Å²) >= 11 is 5.83. The van der Waals surface area contributed by atoms with Crippen LogP contribution in [0.15, 0.2) is 47.0 Å². The first kappa shape index (κ1) is 13.6. The Labute approximate surface area is 123 Å². The maximum absolute atomic E-state index is 12.6. The molecule has 0 aliphatic heterocycles. The molecule has 106 valence electrons. The summed E-state index contributed by atoms with van der Waals surface area (Å²) in [5.41, 5.74) is -0.0190. The van der Waals surface area contributed by atoms with E-state index in [0.717, 1.165) is 16.6 Å². The first-order valence-corrected chi connectivity index (χ1v) is 7.39. The second-order valence-electron chi connectivity index (χ2n) is 3.94. The predicted octanol–water partition coefficient (Wildman–Crippen LogP) is 2.11. The first-order valence-electron chi connectivity index (χ1n) is 5.57. The normalized spacial score (nSPS) is 11.7. The fourth-order valence-corrected chi connectivity index (χ4v) is 3.36. The van der Waals surface area contributed by atoms with Crippen LogP contribution >= 0.6 is 11.6 Å². The number of nitrogens with zero attached hydrogens (tertiary/aromatic N) is 5. The maximum atomic E-state index is 12.6. The Morgan fingerprint density at radius 2 is 1.90 bits per heavy atom. The van der Waals surface area contributed by atoms with E-state index >= 15 is 0 Å². The lowest BCUT2D eigenvalue weighted by atomic mass is 10.3. The topological polar surface area (TPSA) is 107 Å². The molecule has 0 atom stereocenters. The van der Waals surface area contributed by atoms with Crippen molar-refractivity contribution >= 4 is 38.5 Å². The number of nitroso groups, excluding NO2 is 1. The Bertz CT molecular complexity index is 953. The van der Waals surface area contributed by atoms with Gasteiger partial charge in [-0.1, -0.05) is 23.7 Å². The molecule has 0 saturated heterocycles. The van der Waals surface area contributed by atoms with E-state index in [-0.39, 0.29) is 26.9 Å². The van der Waals surface area contributed by atoms with Crippen molar-refractivity contribution in [2.24, 2.45) is 5.18 Å². The zero-order valence-corrected chi connectivity index (χ0v) is 11.8. The summed E-state index contributed by atoms with van der Waals surface area (Å²) in [7, 11) is -4.07. The van der Waals surface area contributed by atoms with Crippen LogP contribution in [0.1, 0.15) is 0 Å². The molecule has 1 aromatic carbocycles. The van der Waals surface area contributed by atoms with Crippen molar-refractivity contribution in [2.45, 2.75) is 4.90 Å². The number of fused-ring (bicyclic) bond motifs is 1. The van der Waals surface area contributed by atoms with Gasteiger partial charge in [-0.15, -0.1) is 4.91 Å². The monoisotopic (exact) mass is 323 g/mol. The van der Waals surface area contributed by atoms with Crippen LogP contribution in [0, 0.1) is 4.91 Å². The standard InChI is InChI=1S/C11H6ClN5O3S/c12-10-9-11(14-5-13-10)17(6-15-9)21(19,20)8-4-2-1-3-7(8)16-18/h1-6H. The van der Waals surface area contributed by atoms with Crippen molar-refractivity contribution in [3.63, 3.8) is 0 Å². The van der Waals surface area contributed by atoms with E-state index < -0.39 is 10.0 Å². The largest absolute Gasteiger partial charge is 0.272 e. The molecule has 3 rings (SSSR count). The maximum Gasteiger partial charge on any atom is 0.272 e. The highest BCUT2D eigenvalue weighted by molar-refractivity contribution is 7.90. The summed E-state index contributed by atoms with van der Waals surface area (Å²) in [5.74, 6) is 0. The molecule has 0 amide bonds. The third-order valence-corrected chi connectivity index (χ3v) is 4.72. The number of hydrogen-bond donors (Lipinski definition) is 0.